The molecule has 106 valence electrons. The number of methoxy groups -OCH3 is 1. The Morgan fingerprint density at radius 1 is 1.50 bits per heavy atom. The molecular weight excluding hydrogens is 320 g/mol. The Morgan fingerprint density at radius 3 is 3.05 bits per heavy atom. The summed E-state index contributed by atoms with van der Waals surface area (Å²) in [5.41, 5.74) is 3.68. The molecule has 3 rings (SSSR count). The molecule has 4 nitrogen and oxygen atoms in total. The number of nitrogens with zero attached hydrogens (tertiary/aromatic N) is 1. The number of benzene rings is 1. The molecule has 0 radical (unpaired) electrons. The molecule has 1 fully saturated rings. The Bertz CT molecular complexity index is 598. The fraction of sp³-hybridized carbons (Fsp3) is 0.400. The molecule has 5 heteroatoms. The van der Waals surface area contributed by atoms with Crippen molar-refractivity contribution in [2.45, 2.75) is 26.0 Å². The molecule has 1 aromatic rings. The van der Waals surface area contributed by atoms with Gasteiger partial charge in [0.2, 0.25) is 0 Å². The van der Waals surface area contributed by atoms with E-state index >= 15 is 0 Å². The van der Waals surface area contributed by atoms with E-state index in [1.807, 2.05) is 25.3 Å². The predicted molar refractivity (Wildman–Crippen MR) is 82.2 cm³/mol. The van der Waals surface area contributed by atoms with Gasteiger partial charge >= 0.3 is 0 Å². The highest BCUT2D eigenvalue weighted by atomic mass is 79.9. The van der Waals surface area contributed by atoms with Crippen LogP contribution < -0.4 is 5.32 Å². The summed E-state index contributed by atoms with van der Waals surface area (Å²) in [4.78, 5) is 14.3. The van der Waals surface area contributed by atoms with Crippen LogP contribution in [0.4, 0.5) is 5.69 Å². The van der Waals surface area contributed by atoms with E-state index in [-0.39, 0.29) is 12.1 Å². The number of amides is 1. The zero-order valence-corrected chi connectivity index (χ0v) is 13.2. The molecule has 2 heterocycles. The van der Waals surface area contributed by atoms with Crippen LogP contribution in [0.25, 0.3) is 5.57 Å². The zero-order chi connectivity index (χ0) is 14.3. The predicted octanol–water partition coefficient (Wildman–Crippen LogP) is 3.12. The number of nitrogens with one attached hydrogen (secondary N) is 1. The van der Waals surface area contributed by atoms with Crippen molar-refractivity contribution in [3.63, 3.8) is 0 Å². The van der Waals surface area contributed by atoms with Gasteiger partial charge in [0.25, 0.3) is 5.91 Å². The average Bonchev–Trinajstić information content (AvgIpc) is 3.00. The van der Waals surface area contributed by atoms with E-state index < -0.39 is 0 Å². The summed E-state index contributed by atoms with van der Waals surface area (Å²) >= 11 is 3.53. The Kier molecular flexibility index (Phi) is 3.56. The minimum atomic E-state index is -0.0389. The second kappa shape index (κ2) is 5.22. The van der Waals surface area contributed by atoms with Crippen molar-refractivity contribution in [2.75, 3.05) is 19.0 Å². The Labute approximate surface area is 126 Å². The quantitative estimate of drug-likeness (QED) is 0.843. The van der Waals surface area contributed by atoms with E-state index in [0.717, 1.165) is 46.2 Å². The highest BCUT2D eigenvalue weighted by molar-refractivity contribution is 9.10. The van der Waals surface area contributed by atoms with Crippen molar-refractivity contribution >= 4 is 33.1 Å². The maximum Gasteiger partial charge on any atom is 0.257 e. The lowest BCUT2D eigenvalue weighted by Crippen LogP contribution is -2.26. The van der Waals surface area contributed by atoms with E-state index in [4.69, 9.17) is 4.74 Å². The van der Waals surface area contributed by atoms with Gasteiger partial charge in [-0.25, -0.2) is 0 Å². The van der Waals surface area contributed by atoms with Gasteiger partial charge in [0.05, 0.1) is 5.57 Å². The third kappa shape index (κ3) is 2.15. The summed E-state index contributed by atoms with van der Waals surface area (Å²) in [6, 6.07) is 3.90. The van der Waals surface area contributed by atoms with Crippen LogP contribution in [0.3, 0.4) is 0 Å². The minimum absolute atomic E-state index is 0.0389. The van der Waals surface area contributed by atoms with E-state index in [1.165, 1.54) is 0 Å². The molecule has 0 aromatic heterocycles. The zero-order valence-electron chi connectivity index (χ0n) is 11.6. The lowest BCUT2D eigenvalue weighted by atomic mass is 10.0. The van der Waals surface area contributed by atoms with Gasteiger partial charge in [0.1, 0.15) is 6.23 Å². The molecule has 1 N–H and O–H groups in total. The highest BCUT2D eigenvalue weighted by Gasteiger charge is 2.29. The van der Waals surface area contributed by atoms with Crippen LogP contribution in [-0.4, -0.2) is 30.7 Å². The number of carbonyl (C=O) groups is 1. The number of ether oxygens (including phenoxy) is 1. The van der Waals surface area contributed by atoms with E-state index in [9.17, 15) is 4.79 Å². The van der Waals surface area contributed by atoms with Gasteiger partial charge in [-0.15, -0.1) is 0 Å². The van der Waals surface area contributed by atoms with Gasteiger partial charge in [-0.3, -0.25) is 4.79 Å². The SMILES string of the molecule is COC1CCCN1C=C1C(=O)Nc2ccc(Br)c(C)c21. The standard InChI is InChI=1S/C15H17BrN2O2/c1-9-11(16)5-6-12-14(9)10(15(19)17-12)8-18-7-3-4-13(18)20-2/h5-6,8,13H,3-4,7H2,1-2H3,(H,17,19). The number of hydrogen-bond acceptors (Lipinski definition) is 3. The second-order valence-electron chi connectivity index (χ2n) is 5.16. The van der Waals surface area contributed by atoms with Crippen LogP contribution in [0.1, 0.15) is 24.0 Å². The average molecular weight is 337 g/mol. The number of halogens is 1. The topological polar surface area (TPSA) is 41.6 Å². The highest BCUT2D eigenvalue weighted by Crippen LogP contribution is 2.38. The van der Waals surface area contributed by atoms with Crippen LogP contribution >= 0.6 is 15.9 Å². The first-order chi connectivity index (χ1) is 9.61. The number of rotatable bonds is 2. The molecule has 1 aromatic carbocycles. The summed E-state index contributed by atoms with van der Waals surface area (Å²) in [5, 5.41) is 2.93. The Morgan fingerprint density at radius 2 is 2.30 bits per heavy atom. The van der Waals surface area contributed by atoms with Crippen LogP contribution in [0.15, 0.2) is 22.8 Å². The van der Waals surface area contributed by atoms with Gasteiger partial charge in [-0.05, 0) is 37.5 Å². The fourth-order valence-electron chi connectivity index (χ4n) is 2.89. The molecular formula is C15H17BrN2O2. The summed E-state index contributed by atoms with van der Waals surface area (Å²) in [5.74, 6) is -0.0389. The van der Waals surface area contributed by atoms with Crippen molar-refractivity contribution in [2.24, 2.45) is 0 Å². The number of fused-ring (bicyclic) bond motifs is 1. The number of likely N-dealkylation sites (tertiary alicyclic amines) is 1. The first-order valence-electron chi connectivity index (χ1n) is 6.73. The molecule has 0 spiro atoms. The molecule has 2 aliphatic rings. The normalized spacial score (nSPS) is 23.4. The monoisotopic (exact) mass is 336 g/mol. The third-order valence-corrected chi connectivity index (χ3v) is 4.82. The van der Waals surface area contributed by atoms with Crippen molar-refractivity contribution in [3.05, 3.63) is 33.9 Å². The van der Waals surface area contributed by atoms with Crippen molar-refractivity contribution < 1.29 is 9.53 Å². The molecule has 0 saturated carbocycles. The number of anilines is 1. The minimum Gasteiger partial charge on any atom is -0.362 e. The van der Waals surface area contributed by atoms with Crippen molar-refractivity contribution in [3.8, 4) is 0 Å². The van der Waals surface area contributed by atoms with Crippen LogP contribution in [0.5, 0.6) is 0 Å². The van der Waals surface area contributed by atoms with E-state index in [0.29, 0.717) is 0 Å². The molecule has 1 amide bonds. The van der Waals surface area contributed by atoms with Crippen molar-refractivity contribution in [1.29, 1.82) is 0 Å². The lowest BCUT2D eigenvalue weighted by molar-refractivity contribution is -0.110. The Hall–Kier alpha value is -1.33. The van der Waals surface area contributed by atoms with Crippen LogP contribution in [0.2, 0.25) is 0 Å². The van der Waals surface area contributed by atoms with Gasteiger partial charge in [0, 0.05) is 35.6 Å². The van der Waals surface area contributed by atoms with Gasteiger partial charge < -0.3 is 15.0 Å². The maximum absolute atomic E-state index is 12.2. The van der Waals surface area contributed by atoms with Crippen molar-refractivity contribution in [1.82, 2.24) is 4.90 Å². The van der Waals surface area contributed by atoms with Crippen LogP contribution in [0, 0.1) is 6.92 Å². The van der Waals surface area contributed by atoms with Gasteiger partial charge in [-0.1, -0.05) is 15.9 Å². The smallest absolute Gasteiger partial charge is 0.257 e. The number of carbonyl (C=O) groups excluding carboxylic acids is 1. The summed E-state index contributed by atoms with van der Waals surface area (Å²) < 4.78 is 6.47. The molecule has 2 aliphatic heterocycles. The van der Waals surface area contributed by atoms with E-state index in [1.54, 1.807) is 7.11 Å². The summed E-state index contributed by atoms with van der Waals surface area (Å²) in [6.45, 7) is 2.95. The summed E-state index contributed by atoms with van der Waals surface area (Å²) in [7, 11) is 1.71. The van der Waals surface area contributed by atoms with Crippen LogP contribution in [-0.2, 0) is 9.53 Å². The fourth-order valence-corrected chi connectivity index (χ4v) is 3.22. The largest absolute Gasteiger partial charge is 0.362 e. The Balaban J connectivity index is 2.03. The molecule has 1 unspecified atom stereocenters. The first kappa shape index (κ1) is 13.6. The maximum atomic E-state index is 12.2. The molecule has 0 aliphatic carbocycles. The number of hydrogen-bond donors (Lipinski definition) is 1. The molecule has 1 saturated heterocycles. The first-order valence-corrected chi connectivity index (χ1v) is 7.52. The molecule has 20 heavy (non-hydrogen) atoms. The summed E-state index contributed by atoms with van der Waals surface area (Å²) in [6.07, 6.45) is 4.12. The molecule has 0 bridgehead atoms. The lowest BCUT2D eigenvalue weighted by Gasteiger charge is -2.22. The third-order valence-electron chi connectivity index (χ3n) is 3.97. The van der Waals surface area contributed by atoms with Gasteiger partial charge in [0.15, 0.2) is 0 Å². The van der Waals surface area contributed by atoms with Gasteiger partial charge in [-0.2, -0.15) is 0 Å². The second-order valence-corrected chi connectivity index (χ2v) is 6.02. The molecule has 1 atom stereocenters. The van der Waals surface area contributed by atoms with E-state index in [2.05, 4.69) is 26.1 Å².